The molecule has 140 valence electrons. The van der Waals surface area contributed by atoms with Crippen LogP contribution in [-0.2, 0) is 17.8 Å². The Bertz CT molecular complexity index is 901. The maximum Gasteiger partial charge on any atom is 0.254 e. The second kappa shape index (κ2) is 7.06. The summed E-state index contributed by atoms with van der Waals surface area (Å²) in [6.45, 7) is 3.26. The van der Waals surface area contributed by atoms with Gasteiger partial charge >= 0.3 is 0 Å². The number of benzene rings is 1. The Balaban J connectivity index is 1.53. The standard InChI is InChI=1S/C20H21FN4O2/c1-13(26)25-8-3-6-18(25)19-22-11-15-12-24(9-7-17(15)23-19)20(27)14-4-2-5-16(21)10-14/h2,4-5,10-11,18H,3,6-9,12H2,1H3. The number of halogens is 1. The van der Waals surface area contributed by atoms with E-state index in [-0.39, 0.29) is 17.9 Å². The number of hydrogen-bond donors (Lipinski definition) is 0. The number of fused-ring (bicyclic) bond motifs is 1. The van der Waals surface area contributed by atoms with Crippen LogP contribution in [0.1, 0.15) is 53.2 Å². The lowest BCUT2D eigenvalue weighted by atomic mass is 10.0. The lowest BCUT2D eigenvalue weighted by Crippen LogP contribution is -2.37. The number of carbonyl (C=O) groups excluding carboxylic acids is 2. The highest BCUT2D eigenvalue weighted by molar-refractivity contribution is 5.94. The Morgan fingerprint density at radius 2 is 2.11 bits per heavy atom. The van der Waals surface area contributed by atoms with Crippen LogP contribution in [0, 0.1) is 5.82 Å². The van der Waals surface area contributed by atoms with Crippen molar-refractivity contribution in [3.8, 4) is 0 Å². The zero-order chi connectivity index (χ0) is 19.0. The third-order valence-electron chi connectivity index (χ3n) is 5.27. The van der Waals surface area contributed by atoms with Crippen LogP contribution in [0.2, 0.25) is 0 Å². The molecule has 0 saturated carbocycles. The van der Waals surface area contributed by atoms with Crippen LogP contribution in [0.15, 0.2) is 30.5 Å². The van der Waals surface area contributed by atoms with E-state index in [1.807, 2.05) is 4.90 Å². The molecule has 1 unspecified atom stereocenters. The number of carbonyl (C=O) groups is 2. The molecule has 27 heavy (non-hydrogen) atoms. The fourth-order valence-electron chi connectivity index (χ4n) is 3.88. The predicted molar refractivity (Wildman–Crippen MR) is 96.2 cm³/mol. The first kappa shape index (κ1) is 17.6. The van der Waals surface area contributed by atoms with E-state index in [9.17, 15) is 14.0 Å². The summed E-state index contributed by atoms with van der Waals surface area (Å²) in [5, 5.41) is 0. The van der Waals surface area contributed by atoms with E-state index in [2.05, 4.69) is 4.98 Å². The van der Waals surface area contributed by atoms with Crippen molar-refractivity contribution in [2.24, 2.45) is 0 Å². The Morgan fingerprint density at radius 1 is 1.26 bits per heavy atom. The van der Waals surface area contributed by atoms with Gasteiger partial charge in [0.1, 0.15) is 5.82 Å². The maximum absolute atomic E-state index is 13.4. The Kier molecular flexibility index (Phi) is 4.59. The Morgan fingerprint density at radius 3 is 2.89 bits per heavy atom. The summed E-state index contributed by atoms with van der Waals surface area (Å²) in [4.78, 5) is 37.1. The molecule has 1 saturated heterocycles. The summed E-state index contributed by atoms with van der Waals surface area (Å²) in [7, 11) is 0. The van der Waals surface area contributed by atoms with Crippen molar-refractivity contribution in [1.29, 1.82) is 0 Å². The molecule has 0 bridgehead atoms. The number of rotatable bonds is 2. The highest BCUT2D eigenvalue weighted by atomic mass is 19.1. The molecule has 2 aliphatic rings. The zero-order valence-corrected chi connectivity index (χ0v) is 15.2. The van der Waals surface area contributed by atoms with Crippen molar-refractivity contribution in [3.63, 3.8) is 0 Å². The van der Waals surface area contributed by atoms with Crippen molar-refractivity contribution in [3.05, 3.63) is 58.9 Å². The molecule has 0 radical (unpaired) electrons. The van der Waals surface area contributed by atoms with Crippen LogP contribution in [0.5, 0.6) is 0 Å². The van der Waals surface area contributed by atoms with Crippen molar-refractivity contribution in [2.75, 3.05) is 13.1 Å². The van der Waals surface area contributed by atoms with Gasteiger partial charge in [-0.3, -0.25) is 9.59 Å². The van der Waals surface area contributed by atoms with E-state index in [0.29, 0.717) is 30.9 Å². The predicted octanol–water partition coefficient (Wildman–Crippen LogP) is 2.50. The van der Waals surface area contributed by atoms with Crippen LogP contribution in [-0.4, -0.2) is 44.7 Å². The average molecular weight is 368 g/mol. The maximum atomic E-state index is 13.4. The van der Waals surface area contributed by atoms with Gasteiger partial charge in [-0.05, 0) is 31.0 Å². The van der Waals surface area contributed by atoms with Gasteiger partial charge < -0.3 is 9.80 Å². The smallest absolute Gasteiger partial charge is 0.254 e. The first-order valence-corrected chi connectivity index (χ1v) is 9.19. The molecule has 0 spiro atoms. The van der Waals surface area contributed by atoms with E-state index in [0.717, 1.165) is 30.6 Å². The molecule has 7 heteroatoms. The topological polar surface area (TPSA) is 66.4 Å². The number of hydrogen-bond acceptors (Lipinski definition) is 4. The van der Waals surface area contributed by atoms with Crippen molar-refractivity contribution in [2.45, 2.75) is 38.8 Å². The van der Waals surface area contributed by atoms with E-state index in [1.165, 1.54) is 18.2 Å². The van der Waals surface area contributed by atoms with Crippen LogP contribution in [0.4, 0.5) is 4.39 Å². The van der Waals surface area contributed by atoms with Crippen LogP contribution < -0.4 is 0 Å². The van der Waals surface area contributed by atoms with Gasteiger partial charge in [-0.15, -0.1) is 0 Å². The fraction of sp³-hybridized carbons (Fsp3) is 0.400. The van der Waals surface area contributed by atoms with Gasteiger partial charge in [0, 0.05) is 50.3 Å². The molecule has 1 fully saturated rings. The molecule has 2 aromatic rings. The lowest BCUT2D eigenvalue weighted by molar-refractivity contribution is -0.129. The Labute approximate surface area is 157 Å². The van der Waals surface area contributed by atoms with Gasteiger partial charge in [0.15, 0.2) is 5.82 Å². The lowest BCUT2D eigenvalue weighted by Gasteiger charge is -2.29. The van der Waals surface area contributed by atoms with Crippen LogP contribution >= 0.6 is 0 Å². The highest BCUT2D eigenvalue weighted by Gasteiger charge is 2.31. The summed E-state index contributed by atoms with van der Waals surface area (Å²) in [6.07, 6.45) is 4.22. The number of amides is 2. The normalized spacial score (nSPS) is 19.1. The first-order chi connectivity index (χ1) is 13.0. The molecule has 1 aromatic carbocycles. The first-order valence-electron chi connectivity index (χ1n) is 9.19. The largest absolute Gasteiger partial charge is 0.334 e. The van der Waals surface area contributed by atoms with Gasteiger partial charge in [-0.1, -0.05) is 6.07 Å². The molecule has 1 atom stereocenters. The van der Waals surface area contributed by atoms with E-state index in [4.69, 9.17) is 4.98 Å². The summed E-state index contributed by atoms with van der Waals surface area (Å²) >= 11 is 0. The minimum absolute atomic E-state index is 0.0469. The van der Waals surface area contributed by atoms with E-state index >= 15 is 0 Å². The zero-order valence-electron chi connectivity index (χ0n) is 15.2. The van der Waals surface area contributed by atoms with Crippen LogP contribution in [0.25, 0.3) is 0 Å². The quantitative estimate of drug-likeness (QED) is 0.817. The molecule has 0 aliphatic carbocycles. The number of likely N-dealkylation sites (tertiary alicyclic amines) is 1. The monoisotopic (exact) mass is 368 g/mol. The summed E-state index contributed by atoms with van der Waals surface area (Å²) in [5.74, 6) is 0.123. The van der Waals surface area contributed by atoms with Crippen molar-refractivity contribution in [1.82, 2.24) is 19.8 Å². The molecular formula is C20H21FN4O2. The van der Waals surface area contributed by atoms with Gasteiger partial charge in [-0.25, -0.2) is 14.4 Å². The van der Waals surface area contributed by atoms with E-state index < -0.39 is 5.82 Å². The van der Waals surface area contributed by atoms with Gasteiger partial charge in [0.05, 0.1) is 11.7 Å². The minimum atomic E-state index is -0.419. The average Bonchev–Trinajstić information content (AvgIpc) is 3.17. The molecule has 4 rings (SSSR count). The molecule has 6 nitrogen and oxygen atoms in total. The van der Waals surface area contributed by atoms with E-state index in [1.54, 1.807) is 24.1 Å². The molecule has 3 heterocycles. The van der Waals surface area contributed by atoms with Crippen molar-refractivity contribution >= 4 is 11.8 Å². The number of aromatic nitrogens is 2. The number of nitrogens with zero attached hydrogens (tertiary/aromatic N) is 4. The molecule has 2 amide bonds. The summed E-state index contributed by atoms with van der Waals surface area (Å²) < 4.78 is 13.4. The second-order valence-electron chi connectivity index (χ2n) is 7.06. The third kappa shape index (κ3) is 3.41. The molecular weight excluding hydrogens is 347 g/mol. The summed E-state index contributed by atoms with van der Waals surface area (Å²) in [6, 6.07) is 5.69. The third-order valence-corrected chi connectivity index (χ3v) is 5.27. The second-order valence-corrected chi connectivity index (χ2v) is 7.06. The Hall–Kier alpha value is -2.83. The molecule has 2 aliphatic heterocycles. The highest BCUT2D eigenvalue weighted by Crippen LogP contribution is 2.30. The van der Waals surface area contributed by atoms with Gasteiger partial charge in [-0.2, -0.15) is 0 Å². The van der Waals surface area contributed by atoms with Crippen molar-refractivity contribution < 1.29 is 14.0 Å². The molecule has 1 aromatic heterocycles. The minimum Gasteiger partial charge on any atom is -0.334 e. The van der Waals surface area contributed by atoms with Gasteiger partial charge in [0.25, 0.3) is 5.91 Å². The van der Waals surface area contributed by atoms with Crippen LogP contribution in [0.3, 0.4) is 0 Å². The van der Waals surface area contributed by atoms with Gasteiger partial charge in [0.2, 0.25) is 5.91 Å². The fourth-order valence-corrected chi connectivity index (χ4v) is 3.88. The SMILES string of the molecule is CC(=O)N1CCCC1c1ncc2c(n1)CCN(C(=O)c1cccc(F)c1)C2. The summed E-state index contributed by atoms with van der Waals surface area (Å²) in [5.41, 5.74) is 2.18. The molecule has 0 N–H and O–H groups in total.